The van der Waals surface area contributed by atoms with Gasteiger partial charge in [0.25, 0.3) is 0 Å². The average molecular weight is 479 g/mol. The number of aliphatic hydroxyl groups excluding tert-OH is 1. The molecule has 10 heteroatoms. The van der Waals surface area contributed by atoms with Crippen LogP contribution in [0, 0.1) is 0 Å². The third-order valence-electron chi connectivity index (χ3n) is 4.84. The first-order chi connectivity index (χ1) is 16.3. The number of anilines is 3. The molecule has 3 aromatic carbocycles. The maximum absolute atomic E-state index is 12.4. The number of aliphatic hydroxyl groups is 1. The lowest BCUT2D eigenvalue weighted by atomic mass is 10.1. The number of carbonyl (C=O) groups is 1. The van der Waals surface area contributed by atoms with Crippen LogP contribution < -0.4 is 24.8 Å². The minimum Gasteiger partial charge on any atom is -0.493 e. The minimum absolute atomic E-state index is 0.186. The average Bonchev–Trinajstić information content (AvgIpc) is 3.10. The monoisotopic (exact) mass is 478 g/mol. The Morgan fingerprint density at radius 2 is 1.82 bits per heavy atom. The molecule has 0 unspecified atom stereocenters. The fraction of sp³-hybridized carbons (Fsp3) is 0.0417. The molecule has 1 amide bonds. The predicted octanol–water partition coefficient (Wildman–Crippen LogP) is 3.51. The number of ether oxygens (including phenoxy) is 1. The van der Waals surface area contributed by atoms with Crippen molar-refractivity contribution < 1.29 is 23.1 Å². The van der Waals surface area contributed by atoms with Crippen molar-refractivity contribution in [2.75, 3.05) is 15.4 Å². The van der Waals surface area contributed by atoms with E-state index in [1.165, 1.54) is 12.1 Å². The molecule has 0 aromatic heterocycles. The van der Waals surface area contributed by atoms with E-state index >= 15 is 0 Å². The first kappa shape index (κ1) is 22.7. The molecule has 4 rings (SSSR count). The Hall–Kier alpha value is -4.44. The SMILES string of the molecule is Nc1ccccc1NC(=O)C=Cc1ccc(N2C=C(O)NS2(=O)=O)c(OCc2ccccc2)c1. The third-order valence-corrected chi connectivity index (χ3v) is 6.12. The van der Waals surface area contributed by atoms with E-state index in [9.17, 15) is 18.3 Å². The van der Waals surface area contributed by atoms with E-state index in [1.54, 1.807) is 42.5 Å². The lowest BCUT2D eigenvalue weighted by Gasteiger charge is -2.19. The summed E-state index contributed by atoms with van der Waals surface area (Å²) in [6.45, 7) is 0.186. The van der Waals surface area contributed by atoms with Crippen LogP contribution in [-0.2, 0) is 21.6 Å². The van der Waals surface area contributed by atoms with Gasteiger partial charge < -0.3 is 20.9 Å². The summed E-state index contributed by atoms with van der Waals surface area (Å²) in [5.41, 5.74) is 8.48. The molecule has 0 fully saturated rings. The van der Waals surface area contributed by atoms with Gasteiger partial charge in [-0.2, -0.15) is 8.42 Å². The Morgan fingerprint density at radius 1 is 1.09 bits per heavy atom. The van der Waals surface area contributed by atoms with Gasteiger partial charge >= 0.3 is 10.2 Å². The lowest BCUT2D eigenvalue weighted by molar-refractivity contribution is -0.111. The van der Waals surface area contributed by atoms with Gasteiger partial charge in [-0.25, -0.2) is 9.03 Å². The zero-order valence-corrected chi connectivity index (χ0v) is 18.7. The molecule has 0 saturated heterocycles. The van der Waals surface area contributed by atoms with Crippen LogP contribution in [0.25, 0.3) is 6.08 Å². The highest BCUT2D eigenvalue weighted by molar-refractivity contribution is 7.91. The second-order valence-corrected chi connectivity index (χ2v) is 8.88. The van der Waals surface area contributed by atoms with Crippen LogP contribution in [0.3, 0.4) is 0 Å². The predicted molar refractivity (Wildman–Crippen MR) is 131 cm³/mol. The molecule has 5 N–H and O–H groups in total. The van der Waals surface area contributed by atoms with Gasteiger partial charge in [-0.1, -0.05) is 48.5 Å². The summed E-state index contributed by atoms with van der Waals surface area (Å²) in [5, 5.41) is 12.4. The molecule has 1 heterocycles. The van der Waals surface area contributed by atoms with Gasteiger partial charge in [0.15, 0.2) is 0 Å². The number of nitrogens with one attached hydrogen (secondary N) is 2. The number of nitrogens with zero attached hydrogens (tertiary/aromatic N) is 1. The van der Waals surface area contributed by atoms with Crippen LogP contribution in [0.15, 0.2) is 91.0 Å². The molecular weight excluding hydrogens is 456 g/mol. The molecule has 0 spiro atoms. The first-order valence-corrected chi connectivity index (χ1v) is 11.6. The van der Waals surface area contributed by atoms with Gasteiger partial charge in [0.1, 0.15) is 18.0 Å². The largest absolute Gasteiger partial charge is 0.493 e. The summed E-state index contributed by atoms with van der Waals surface area (Å²) in [7, 11) is -4.01. The van der Waals surface area contributed by atoms with Crippen molar-refractivity contribution in [3.8, 4) is 5.75 Å². The van der Waals surface area contributed by atoms with E-state index in [1.807, 2.05) is 35.1 Å². The van der Waals surface area contributed by atoms with E-state index in [4.69, 9.17) is 10.5 Å². The second kappa shape index (κ2) is 9.59. The number of nitrogen functional groups attached to an aromatic ring is 1. The Labute approximate surface area is 197 Å². The van der Waals surface area contributed by atoms with Gasteiger partial charge in [-0.15, -0.1) is 0 Å². The first-order valence-electron chi connectivity index (χ1n) is 10.2. The molecule has 1 aliphatic heterocycles. The smallest absolute Gasteiger partial charge is 0.330 e. The standard InChI is InChI=1S/C24H22N4O5S/c25-19-8-4-5-9-20(19)26-23(29)13-11-17-10-12-21(28-15-24(30)27-34(28,31)32)22(14-17)33-16-18-6-2-1-3-7-18/h1-15,27,30H,16,25H2,(H,26,29). The fourth-order valence-corrected chi connectivity index (χ4v) is 4.28. The van der Waals surface area contributed by atoms with E-state index in [-0.39, 0.29) is 24.0 Å². The molecule has 3 aromatic rings. The lowest BCUT2D eigenvalue weighted by Crippen LogP contribution is -2.29. The normalized spacial score (nSPS) is 14.5. The highest BCUT2D eigenvalue weighted by atomic mass is 32.2. The fourth-order valence-electron chi connectivity index (χ4n) is 3.21. The number of para-hydroxylation sites is 2. The number of hydrogen-bond donors (Lipinski definition) is 4. The Bertz CT molecular complexity index is 1370. The summed E-state index contributed by atoms with van der Waals surface area (Å²) in [5.74, 6) is -0.641. The number of amides is 1. The zero-order chi connectivity index (χ0) is 24.1. The topological polar surface area (TPSA) is 134 Å². The summed E-state index contributed by atoms with van der Waals surface area (Å²) in [6.07, 6.45) is 3.95. The van der Waals surface area contributed by atoms with Crippen LogP contribution >= 0.6 is 0 Å². The number of hydrogen-bond acceptors (Lipinski definition) is 6. The number of rotatable bonds is 7. The maximum Gasteiger partial charge on any atom is 0.330 e. The summed E-state index contributed by atoms with van der Waals surface area (Å²) >= 11 is 0. The van der Waals surface area contributed by atoms with Crippen molar-refractivity contribution >= 4 is 39.3 Å². The van der Waals surface area contributed by atoms with Crippen LogP contribution in [0.4, 0.5) is 17.1 Å². The Morgan fingerprint density at radius 3 is 2.53 bits per heavy atom. The summed E-state index contributed by atoms with van der Waals surface area (Å²) < 4.78 is 33.6. The number of benzene rings is 3. The molecule has 34 heavy (non-hydrogen) atoms. The van der Waals surface area contributed by atoms with Crippen molar-refractivity contribution in [2.45, 2.75) is 6.61 Å². The number of carbonyl (C=O) groups excluding carboxylic acids is 1. The summed E-state index contributed by atoms with van der Waals surface area (Å²) in [4.78, 5) is 12.3. The van der Waals surface area contributed by atoms with Crippen LogP contribution in [-0.4, -0.2) is 19.4 Å². The van der Waals surface area contributed by atoms with Crippen LogP contribution in [0.2, 0.25) is 0 Å². The third kappa shape index (κ3) is 5.30. The van der Waals surface area contributed by atoms with Crippen molar-refractivity contribution in [3.63, 3.8) is 0 Å². The van der Waals surface area contributed by atoms with Crippen LogP contribution in [0.1, 0.15) is 11.1 Å². The summed E-state index contributed by atoms with van der Waals surface area (Å²) in [6, 6.07) is 21.0. The highest BCUT2D eigenvalue weighted by Crippen LogP contribution is 2.34. The van der Waals surface area contributed by atoms with Crippen molar-refractivity contribution in [2.24, 2.45) is 0 Å². The van der Waals surface area contributed by atoms with Gasteiger partial charge in [-0.3, -0.25) is 4.79 Å². The van der Waals surface area contributed by atoms with Crippen molar-refractivity contribution in [1.29, 1.82) is 0 Å². The van der Waals surface area contributed by atoms with E-state index in [2.05, 4.69) is 5.32 Å². The Kier molecular flexibility index (Phi) is 6.42. The quantitative estimate of drug-likeness (QED) is 0.303. The molecule has 0 aliphatic carbocycles. The molecule has 1 aliphatic rings. The minimum atomic E-state index is -4.01. The molecule has 0 atom stereocenters. The van der Waals surface area contributed by atoms with Gasteiger partial charge in [0, 0.05) is 6.08 Å². The van der Waals surface area contributed by atoms with Gasteiger partial charge in [0.05, 0.1) is 17.6 Å². The van der Waals surface area contributed by atoms with Gasteiger partial charge in [0.2, 0.25) is 11.8 Å². The van der Waals surface area contributed by atoms with Crippen molar-refractivity contribution in [1.82, 2.24) is 4.72 Å². The van der Waals surface area contributed by atoms with E-state index in [0.29, 0.717) is 16.9 Å². The van der Waals surface area contributed by atoms with E-state index in [0.717, 1.165) is 16.1 Å². The molecular formula is C24H22N4O5S. The number of nitrogens with two attached hydrogens (primary N) is 1. The van der Waals surface area contributed by atoms with E-state index < -0.39 is 16.1 Å². The molecule has 0 radical (unpaired) electrons. The molecule has 9 nitrogen and oxygen atoms in total. The highest BCUT2D eigenvalue weighted by Gasteiger charge is 2.31. The van der Waals surface area contributed by atoms with Crippen LogP contribution in [0.5, 0.6) is 5.75 Å². The molecule has 0 bridgehead atoms. The molecule has 0 saturated carbocycles. The second-order valence-electron chi connectivity index (χ2n) is 7.33. The molecule has 174 valence electrons. The maximum atomic E-state index is 12.4. The Balaban J connectivity index is 1.59. The zero-order valence-electron chi connectivity index (χ0n) is 17.9. The van der Waals surface area contributed by atoms with Crippen molar-refractivity contribution in [3.05, 3.63) is 102 Å². The van der Waals surface area contributed by atoms with Gasteiger partial charge in [-0.05, 0) is 41.5 Å².